The Bertz CT molecular complexity index is 956. The molecular formula is C24H27ClN2O4. The van der Waals surface area contributed by atoms with Gasteiger partial charge in [-0.2, -0.15) is 0 Å². The molecule has 0 saturated carbocycles. The Labute approximate surface area is 187 Å². The number of nitrogens with zero attached hydrogens (tertiary/aromatic N) is 1. The first-order chi connectivity index (χ1) is 15.0. The number of nitrogens with one attached hydrogen (secondary N) is 1. The number of halogens is 1. The van der Waals surface area contributed by atoms with Crippen LogP contribution in [0.1, 0.15) is 48.1 Å². The topological polar surface area (TPSA) is 67.9 Å². The van der Waals surface area contributed by atoms with Gasteiger partial charge in [0.1, 0.15) is 13.2 Å². The number of ether oxygens (including phenoxy) is 2. The highest BCUT2D eigenvalue weighted by molar-refractivity contribution is 6.33. The maximum Gasteiger partial charge on any atom is 0.255 e. The van der Waals surface area contributed by atoms with Crippen LogP contribution in [0.2, 0.25) is 5.02 Å². The van der Waals surface area contributed by atoms with E-state index < -0.39 is 0 Å². The molecule has 0 spiro atoms. The molecule has 2 amide bonds. The van der Waals surface area contributed by atoms with Crippen LogP contribution in [0, 0.1) is 5.92 Å². The first-order valence-corrected chi connectivity index (χ1v) is 11.1. The summed E-state index contributed by atoms with van der Waals surface area (Å²) in [6.45, 7) is 4.34. The molecular weight excluding hydrogens is 416 g/mol. The van der Waals surface area contributed by atoms with Crippen LogP contribution in [0.15, 0.2) is 42.5 Å². The number of amides is 2. The Balaban J connectivity index is 1.26. The van der Waals surface area contributed by atoms with Crippen molar-refractivity contribution in [2.45, 2.75) is 32.2 Å². The Morgan fingerprint density at radius 3 is 2.55 bits per heavy atom. The van der Waals surface area contributed by atoms with E-state index in [1.165, 1.54) is 0 Å². The third kappa shape index (κ3) is 5.13. The second-order valence-electron chi connectivity index (χ2n) is 8.11. The monoisotopic (exact) mass is 442 g/mol. The van der Waals surface area contributed by atoms with Crippen LogP contribution in [0.3, 0.4) is 0 Å². The molecule has 0 aliphatic carbocycles. The van der Waals surface area contributed by atoms with Crippen LogP contribution >= 0.6 is 11.6 Å². The molecule has 2 heterocycles. The lowest BCUT2D eigenvalue weighted by atomic mass is 9.92. The van der Waals surface area contributed by atoms with E-state index >= 15 is 0 Å². The van der Waals surface area contributed by atoms with Gasteiger partial charge in [-0.25, -0.2) is 0 Å². The van der Waals surface area contributed by atoms with Crippen molar-refractivity contribution in [3.05, 3.63) is 58.6 Å². The van der Waals surface area contributed by atoms with Crippen molar-refractivity contribution in [2.24, 2.45) is 5.92 Å². The smallest absolute Gasteiger partial charge is 0.255 e. The highest BCUT2D eigenvalue weighted by Gasteiger charge is 2.26. The molecule has 2 aromatic carbocycles. The summed E-state index contributed by atoms with van der Waals surface area (Å²) < 4.78 is 11.2. The molecule has 1 N–H and O–H groups in total. The molecule has 2 aromatic rings. The minimum absolute atomic E-state index is 0.0262. The summed E-state index contributed by atoms with van der Waals surface area (Å²) in [7, 11) is 0. The third-order valence-electron chi connectivity index (χ3n) is 5.92. The fourth-order valence-corrected chi connectivity index (χ4v) is 4.34. The van der Waals surface area contributed by atoms with E-state index in [-0.39, 0.29) is 23.8 Å². The largest absolute Gasteiger partial charge is 0.486 e. The second kappa shape index (κ2) is 9.60. The number of carbonyl (C=O) groups is 2. The molecule has 7 heteroatoms. The van der Waals surface area contributed by atoms with E-state index in [1.54, 1.807) is 12.1 Å². The van der Waals surface area contributed by atoms with E-state index in [2.05, 4.69) is 5.32 Å². The zero-order valence-electron chi connectivity index (χ0n) is 17.6. The Kier molecular flexibility index (Phi) is 6.66. The van der Waals surface area contributed by atoms with Gasteiger partial charge in [0.2, 0.25) is 5.91 Å². The fourth-order valence-electron chi connectivity index (χ4n) is 4.12. The molecule has 164 valence electrons. The first kappa shape index (κ1) is 21.5. The van der Waals surface area contributed by atoms with Crippen molar-refractivity contribution in [1.29, 1.82) is 0 Å². The SMILES string of the molecule is CC(NC(=O)CC1CCN(C(=O)c2ccccc2Cl)CC1)c1ccc2c(c1)OCCO2. The molecule has 31 heavy (non-hydrogen) atoms. The van der Waals surface area contributed by atoms with E-state index in [9.17, 15) is 9.59 Å². The maximum absolute atomic E-state index is 12.7. The lowest BCUT2D eigenvalue weighted by molar-refractivity contribution is -0.122. The fraction of sp³-hybridized carbons (Fsp3) is 0.417. The summed E-state index contributed by atoms with van der Waals surface area (Å²) in [6.07, 6.45) is 2.08. The summed E-state index contributed by atoms with van der Waals surface area (Å²) in [5.41, 5.74) is 1.52. The number of fused-ring (bicyclic) bond motifs is 1. The van der Waals surface area contributed by atoms with E-state index in [0.29, 0.717) is 43.3 Å². The summed E-state index contributed by atoms with van der Waals surface area (Å²) >= 11 is 6.16. The highest BCUT2D eigenvalue weighted by Crippen LogP contribution is 2.32. The van der Waals surface area contributed by atoms with Gasteiger partial charge < -0.3 is 19.7 Å². The number of rotatable bonds is 5. The van der Waals surface area contributed by atoms with Crippen LogP contribution in [0.25, 0.3) is 0 Å². The molecule has 0 radical (unpaired) electrons. The average molecular weight is 443 g/mol. The molecule has 4 rings (SSSR count). The Morgan fingerprint density at radius 1 is 1.10 bits per heavy atom. The minimum Gasteiger partial charge on any atom is -0.486 e. The van der Waals surface area contributed by atoms with Crippen molar-refractivity contribution >= 4 is 23.4 Å². The minimum atomic E-state index is -0.120. The third-order valence-corrected chi connectivity index (χ3v) is 6.25. The van der Waals surface area contributed by atoms with Crippen LogP contribution in [0.5, 0.6) is 11.5 Å². The number of hydrogen-bond acceptors (Lipinski definition) is 4. The number of piperidine rings is 1. The number of hydrogen-bond donors (Lipinski definition) is 1. The zero-order valence-corrected chi connectivity index (χ0v) is 18.4. The van der Waals surface area contributed by atoms with Gasteiger partial charge in [0, 0.05) is 19.5 Å². The quantitative estimate of drug-likeness (QED) is 0.752. The van der Waals surface area contributed by atoms with Crippen LogP contribution in [-0.4, -0.2) is 43.0 Å². The Hall–Kier alpha value is -2.73. The van der Waals surface area contributed by atoms with E-state index in [4.69, 9.17) is 21.1 Å². The van der Waals surface area contributed by atoms with Gasteiger partial charge in [-0.05, 0) is 55.5 Å². The van der Waals surface area contributed by atoms with Gasteiger partial charge >= 0.3 is 0 Å². The van der Waals surface area contributed by atoms with Crippen molar-refractivity contribution in [1.82, 2.24) is 10.2 Å². The Morgan fingerprint density at radius 2 is 1.81 bits per heavy atom. The molecule has 1 fully saturated rings. The number of carbonyl (C=O) groups excluding carboxylic acids is 2. The van der Waals surface area contributed by atoms with Crippen molar-refractivity contribution in [3.8, 4) is 11.5 Å². The standard InChI is InChI=1S/C24H27ClN2O4/c1-16(18-6-7-21-22(15-18)31-13-12-30-21)26-23(28)14-17-8-10-27(11-9-17)24(29)19-4-2-3-5-20(19)25/h2-7,15-17H,8-14H2,1H3,(H,26,28). The van der Waals surface area contributed by atoms with E-state index in [0.717, 1.165) is 29.9 Å². The van der Waals surface area contributed by atoms with Crippen molar-refractivity contribution in [3.63, 3.8) is 0 Å². The summed E-state index contributed by atoms with van der Waals surface area (Å²) in [5, 5.41) is 3.56. The molecule has 2 aliphatic rings. The van der Waals surface area contributed by atoms with Gasteiger partial charge in [-0.1, -0.05) is 29.8 Å². The van der Waals surface area contributed by atoms with E-state index in [1.807, 2.05) is 42.2 Å². The summed E-state index contributed by atoms with van der Waals surface area (Å²) in [4.78, 5) is 27.1. The maximum atomic E-state index is 12.7. The molecule has 0 aromatic heterocycles. The highest BCUT2D eigenvalue weighted by atomic mass is 35.5. The number of benzene rings is 2. The normalized spacial score (nSPS) is 17.2. The molecule has 6 nitrogen and oxygen atoms in total. The van der Waals surface area contributed by atoms with Crippen LogP contribution < -0.4 is 14.8 Å². The van der Waals surface area contributed by atoms with Gasteiger partial charge in [-0.15, -0.1) is 0 Å². The summed E-state index contributed by atoms with van der Waals surface area (Å²) in [6, 6.07) is 12.8. The van der Waals surface area contributed by atoms with Crippen molar-refractivity contribution < 1.29 is 19.1 Å². The molecule has 1 saturated heterocycles. The van der Waals surface area contributed by atoms with Gasteiger partial charge in [0.15, 0.2) is 11.5 Å². The van der Waals surface area contributed by atoms with Gasteiger partial charge in [0.25, 0.3) is 5.91 Å². The lowest BCUT2D eigenvalue weighted by Crippen LogP contribution is -2.40. The molecule has 0 bridgehead atoms. The molecule has 1 unspecified atom stereocenters. The van der Waals surface area contributed by atoms with Crippen LogP contribution in [-0.2, 0) is 4.79 Å². The molecule has 2 aliphatic heterocycles. The first-order valence-electron chi connectivity index (χ1n) is 10.7. The average Bonchev–Trinajstić information content (AvgIpc) is 2.79. The predicted molar refractivity (Wildman–Crippen MR) is 119 cm³/mol. The zero-order chi connectivity index (χ0) is 21.8. The second-order valence-corrected chi connectivity index (χ2v) is 8.52. The van der Waals surface area contributed by atoms with Crippen LogP contribution in [0.4, 0.5) is 0 Å². The number of likely N-dealkylation sites (tertiary alicyclic amines) is 1. The predicted octanol–water partition coefficient (Wildman–Crippen LogP) is 4.23. The van der Waals surface area contributed by atoms with Gasteiger partial charge in [0.05, 0.1) is 16.6 Å². The van der Waals surface area contributed by atoms with Crippen molar-refractivity contribution in [2.75, 3.05) is 26.3 Å². The van der Waals surface area contributed by atoms with Gasteiger partial charge in [-0.3, -0.25) is 9.59 Å². The molecule has 1 atom stereocenters. The summed E-state index contributed by atoms with van der Waals surface area (Å²) in [5.74, 6) is 1.72. The lowest BCUT2D eigenvalue weighted by Gasteiger charge is -2.32.